The second-order valence-corrected chi connectivity index (χ2v) is 6.02. The number of hydrogen-bond acceptors (Lipinski definition) is 3. The molecule has 1 amide bonds. The fraction of sp³-hybridized carbons (Fsp3) is 0.312. The van der Waals surface area contributed by atoms with Crippen molar-refractivity contribution in [2.24, 2.45) is 5.41 Å². The molecule has 0 bridgehead atoms. The molecule has 0 spiro atoms. The van der Waals surface area contributed by atoms with E-state index in [0.29, 0.717) is 29.9 Å². The number of halogens is 1. The van der Waals surface area contributed by atoms with Gasteiger partial charge in [0.1, 0.15) is 11.5 Å². The van der Waals surface area contributed by atoms with E-state index in [9.17, 15) is 19.1 Å². The lowest BCUT2D eigenvalue weighted by Gasteiger charge is -2.19. The van der Waals surface area contributed by atoms with E-state index in [1.54, 1.807) is 25.1 Å². The molecule has 1 fully saturated rings. The first-order chi connectivity index (χ1) is 10.9. The van der Waals surface area contributed by atoms with Crippen molar-refractivity contribution in [3.63, 3.8) is 0 Å². The highest BCUT2D eigenvalue weighted by Crippen LogP contribution is 2.31. The van der Waals surface area contributed by atoms with Crippen molar-refractivity contribution >= 4 is 11.9 Å². The second-order valence-electron chi connectivity index (χ2n) is 6.02. The van der Waals surface area contributed by atoms with Crippen molar-refractivity contribution < 1.29 is 19.1 Å². The summed E-state index contributed by atoms with van der Waals surface area (Å²) in [6.45, 7) is 2.21. The van der Waals surface area contributed by atoms with Crippen LogP contribution in [0.25, 0.3) is 11.3 Å². The summed E-state index contributed by atoms with van der Waals surface area (Å²) >= 11 is 0. The van der Waals surface area contributed by atoms with Crippen molar-refractivity contribution in [3.05, 3.63) is 41.8 Å². The topological polar surface area (TPSA) is 86.3 Å². The summed E-state index contributed by atoms with van der Waals surface area (Å²) < 4.78 is 12.9. The van der Waals surface area contributed by atoms with Crippen LogP contribution in [0.15, 0.2) is 30.3 Å². The van der Waals surface area contributed by atoms with Gasteiger partial charge >= 0.3 is 5.97 Å². The third-order valence-electron chi connectivity index (χ3n) is 4.23. The van der Waals surface area contributed by atoms with E-state index in [1.807, 2.05) is 0 Å². The Kier molecular flexibility index (Phi) is 3.63. The third-order valence-corrected chi connectivity index (χ3v) is 4.23. The van der Waals surface area contributed by atoms with Crippen LogP contribution in [-0.2, 0) is 4.79 Å². The molecule has 1 unspecified atom stereocenters. The molecule has 1 atom stereocenters. The molecule has 0 radical (unpaired) electrons. The highest BCUT2D eigenvalue weighted by atomic mass is 19.1. The standard InChI is InChI=1S/C16H16FN3O3/c1-16(15(22)23)6-7-20(9-16)14(21)13-8-12(18-19-13)10-2-4-11(17)5-3-10/h2-5,8H,6-7,9H2,1H3,(H,18,19)(H,22,23). The number of aromatic amines is 1. The molecule has 0 saturated carbocycles. The lowest BCUT2D eigenvalue weighted by molar-refractivity contribution is -0.147. The summed E-state index contributed by atoms with van der Waals surface area (Å²) in [7, 11) is 0. The predicted octanol–water partition coefficient (Wildman–Crippen LogP) is 2.15. The Morgan fingerprint density at radius 2 is 2.04 bits per heavy atom. The van der Waals surface area contributed by atoms with Gasteiger partial charge in [-0.15, -0.1) is 0 Å². The molecule has 1 aliphatic heterocycles. The maximum atomic E-state index is 12.9. The van der Waals surface area contributed by atoms with Crippen LogP contribution in [0.5, 0.6) is 0 Å². The number of hydrogen-bond donors (Lipinski definition) is 2. The van der Waals surface area contributed by atoms with Gasteiger partial charge in [0.05, 0.1) is 11.1 Å². The molecule has 23 heavy (non-hydrogen) atoms. The summed E-state index contributed by atoms with van der Waals surface area (Å²) in [4.78, 5) is 25.2. The van der Waals surface area contributed by atoms with Gasteiger partial charge in [-0.25, -0.2) is 4.39 Å². The zero-order valence-corrected chi connectivity index (χ0v) is 12.5. The zero-order chi connectivity index (χ0) is 16.6. The van der Waals surface area contributed by atoms with E-state index < -0.39 is 11.4 Å². The Labute approximate surface area is 131 Å². The summed E-state index contributed by atoms with van der Waals surface area (Å²) in [5, 5.41) is 16.0. The normalized spacial score (nSPS) is 20.7. The van der Waals surface area contributed by atoms with Crippen molar-refractivity contribution in [2.45, 2.75) is 13.3 Å². The first-order valence-corrected chi connectivity index (χ1v) is 7.23. The van der Waals surface area contributed by atoms with Crippen LogP contribution >= 0.6 is 0 Å². The van der Waals surface area contributed by atoms with E-state index >= 15 is 0 Å². The zero-order valence-electron chi connectivity index (χ0n) is 12.5. The number of amides is 1. The number of nitrogens with one attached hydrogen (secondary N) is 1. The minimum Gasteiger partial charge on any atom is -0.481 e. The van der Waals surface area contributed by atoms with Crippen LogP contribution in [0.3, 0.4) is 0 Å². The molecule has 1 aromatic heterocycles. The molecule has 1 saturated heterocycles. The quantitative estimate of drug-likeness (QED) is 0.908. The molecular formula is C16H16FN3O3. The van der Waals surface area contributed by atoms with E-state index in [4.69, 9.17) is 0 Å². The number of likely N-dealkylation sites (tertiary alicyclic amines) is 1. The maximum absolute atomic E-state index is 12.9. The summed E-state index contributed by atoms with van der Waals surface area (Å²) in [5.74, 6) is -1.52. The molecule has 6 nitrogen and oxygen atoms in total. The minimum absolute atomic E-state index is 0.173. The molecule has 1 aromatic carbocycles. The molecule has 3 rings (SSSR count). The van der Waals surface area contributed by atoms with Crippen LogP contribution in [0.4, 0.5) is 4.39 Å². The minimum atomic E-state index is -0.907. The van der Waals surface area contributed by atoms with E-state index in [0.717, 1.165) is 0 Å². The Bertz CT molecular complexity index is 756. The monoisotopic (exact) mass is 317 g/mol. The molecular weight excluding hydrogens is 301 g/mol. The first kappa shape index (κ1) is 15.2. The Balaban J connectivity index is 1.77. The van der Waals surface area contributed by atoms with Gasteiger partial charge < -0.3 is 10.0 Å². The Morgan fingerprint density at radius 1 is 1.35 bits per heavy atom. The van der Waals surface area contributed by atoms with Crippen LogP contribution in [0.1, 0.15) is 23.8 Å². The largest absolute Gasteiger partial charge is 0.481 e. The maximum Gasteiger partial charge on any atom is 0.311 e. The Morgan fingerprint density at radius 3 is 2.65 bits per heavy atom. The van der Waals surface area contributed by atoms with Gasteiger partial charge in [0.25, 0.3) is 5.91 Å². The average Bonchev–Trinajstić information content (AvgIpc) is 3.15. The van der Waals surface area contributed by atoms with Crippen LogP contribution in [0, 0.1) is 11.2 Å². The van der Waals surface area contributed by atoms with Gasteiger partial charge in [0.2, 0.25) is 0 Å². The molecule has 2 N–H and O–H groups in total. The smallest absolute Gasteiger partial charge is 0.311 e. The number of H-pyrrole nitrogens is 1. The number of carbonyl (C=O) groups is 2. The fourth-order valence-electron chi connectivity index (χ4n) is 2.68. The SMILES string of the molecule is CC1(C(=O)O)CCN(C(=O)c2cc(-c3ccc(F)cc3)n[nH]2)C1. The van der Waals surface area contributed by atoms with Crippen molar-refractivity contribution in [2.75, 3.05) is 13.1 Å². The average molecular weight is 317 g/mol. The van der Waals surface area contributed by atoms with Gasteiger partial charge in [0.15, 0.2) is 0 Å². The predicted molar refractivity (Wildman–Crippen MR) is 80.2 cm³/mol. The highest BCUT2D eigenvalue weighted by Gasteiger charge is 2.42. The number of aliphatic carboxylic acids is 1. The van der Waals surface area contributed by atoms with Crippen LogP contribution in [0.2, 0.25) is 0 Å². The first-order valence-electron chi connectivity index (χ1n) is 7.23. The van der Waals surface area contributed by atoms with Gasteiger partial charge in [-0.05, 0) is 43.7 Å². The second kappa shape index (κ2) is 5.49. The molecule has 120 valence electrons. The summed E-state index contributed by atoms with van der Waals surface area (Å²) in [5.41, 5.74) is 0.612. The van der Waals surface area contributed by atoms with Gasteiger partial charge in [-0.2, -0.15) is 5.10 Å². The fourth-order valence-corrected chi connectivity index (χ4v) is 2.68. The van der Waals surface area contributed by atoms with E-state index in [1.165, 1.54) is 17.0 Å². The highest BCUT2D eigenvalue weighted by molar-refractivity contribution is 5.94. The number of benzene rings is 1. The number of carboxylic acids is 1. The van der Waals surface area contributed by atoms with Gasteiger partial charge in [-0.3, -0.25) is 14.7 Å². The third kappa shape index (κ3) is 2.81. The molecule has 0 aliphatic carbocycles. The van der Waals surface area contributed by atoms with E-state index in [-0.39, 0.29) is 18.3 Å². The van der Waals surface area contributed by atoms with Crippen molar-refractivity contribution in [1.82, 2.24) is 15.1 Å². The number of rotatable bonds is 3. The summed E-state index contributed by atoms with van der Waals surface area (Å²) in [6.07, 6.45) is 0.424. The number of nitrogens with zero attached hydrogens (tertiary/aromatic N) is 2. The molecule has 2 heterocycles. The molecule has 2 aromatic rings. The number of aromatic nitrogens is 2. The van der Waals surface area contributed by atoms with Crippen LogP contribution < -0.4 is 0 Å². The number of carbonyl (C=O) groups excluding carboxylic acids is 1. The number of carboxylic acid groups (broad SMARTS) is 1. The lowest BCUT2D eigenvalue weighted by Crippen LogP contribution is -2.35. The Hall–Kier alpha value is -2.70. The van der Waals surface area contributed by atoms with Gasteiger partial charge in [-0.1, -0.05) is 0 Å². The van der Waals surface area contributed by atoms with Gasteiger partial charge in [0, 0.05) is 18.7 Å². The van der Waals surface area contributed by atoms with E-state index in [2.05, 4.69) is 10.2 Å². The lowest BCUT2D eigenvalue weighted by atomic mass is 9.90. The molecule has 1 aliphatic rings. The van der Waals surface area contributed by atoms with Crippen LogP contribution in [-0.4, -0.2) is 45.2 Å². The summed E-state index contributed by atoms with van der Waals surface area (Å²) in [6, 6.07) is 7.40. The molecule has 7 heteroatoms. The van der Waals surface area contributed by atoms with Crippen molar-refractivity contribution in [3.8, 4) is 11.3 Å². The van der Waals surface area contributed by atoms with Crippen molar-refractivity contribution in [1.29, 1.82) is 0 Å².